The lowest BCUT2D eigenvalue weighted by Gasteiger charge is -2.13. The average Bonchev–Trinajstić information content (AvgIpc) is 2.74. The number of halogens is 3. The van der Waals surface area contributed by atoms with Crippen molar-refractivity contribution in [1.82, 2.24) is 0 Å². The maximum atomic E-state index is 14.1. The van der Waals surface area contributed by atoms with Gasteiger partial charge in [-0.2, -0.15) is 5.26 Å². The molecule has 0 aliphatic heterocycles. The van der Waals surface area contributed by atoms with Crippen molar-refractivity contribution in [3.63, 3.8) is 0 Å². The van der Waals surface area contributed by atoms with Gasteiger partial charge in [-0.25, -0.2) is 4.39 Å². The van der Waals surface area contributed by atoms with Crippen LogP contribution in [0.5, 0.6) is 5.75 Å². The first kappa shape index (κ1) is 22.8. The molecule has 0 spiro atoms. The molecule has 1 amide bonds. The second-order valence-corrected chi connectivity index (χ2v) is 8.18. The normalized spacial score (nSPS) is 11.0. The molecule has 3 aromatic rings. The molecule has 7 heteroatoms. The van der Waals surface area contributed by atoms with Crippen molar-refractivity contribution < 1.29 is 13.9 Å². The minimum atomic E-state index is -0.547. The highest BCUT2D eigenvalue weighted by molar-refractivity contribution is 14.1. The second-order valence-electron chi connectivity index (χ2n) is 6.59. The number of benzene rings is 3. The Balaban J connectivity index is 1.90. The Morgan fingerprint density at radius 2 is 2.00 bits per heavy atom. The first-order chi connectivity index (χ1) is 14.9. The van der Waals surface area contributed by atoms with Crippen LogP contribution in [0.3, 0.4) is 0 Å². The molecule has 3 aromatic carbocycles. The summed E-state index contributed by atoms with van der Waals surface area (Å²) >= 11 is 8.08. The van der Waals surface area contributed by atoms with Gasteiger partial charge >= 0.3 is 0 Å². The van der Waals surface area contributed by atoms with E-state index in [0.717, 1.165) is 9.13 Å². The maximum Gasteiger partial charge on any atom is 0.266 e. The highest BCUT2D eigenvalue weighted by atomic mass is 127. The largest absolute Gasteiger partial charge is 0.496 e. The number of methoxy groups -OCH3 is 1. The van der Waals surface area contributed by atoms with Gasteiger partial charge in [0.25, 0.3) is 5.91 Å². The molecular formula is C24H17ClFIN2O2. The van der Waals surface area contributed by atoms with Crippen LogP contribution >= 0.6 is 34.2 Å². The molecule has 156 valence electrons. The number of hydrogen-bond acceptors (Lipinski definition) is 3. The number of ether oxygens (including phenoxy) is 1. The third-order valence-electron chi connectivity index (χ3n) is 4.48. The summed E-state index contributed by atoms with van der Waals surface area (Å²) in [5, 5.41) is 12.6. The molecular weight excluding hydrogens is 530 g/mol. The van der Waals surface area contributed by atoms with Gasteiger partial charge in [0.1, 0.15) is 23.2 Å². The quantitative estimate of drug-likeness (QED) is 0.227. The molecule has 0 bridgehead atoms. The number of carbonyl (C=O) groups is 1. The van der Waals surface area contributed by atoms with Crippen molar-refractivity contribution in [2.45, 2.75) is 6.42 Å². The van der Waals surface area contributed by atoms with Crippen molar-refractivity contribution in [3.8, 4) is 11.8 Å². The van der Waals surface area contributed by atoms with Gasteiger partial charge in [0.05, 0.1) is 7.11 Å². The Hall–Kier alpha value is -2.89. The van der Waals surface area contributed by atoms with E-state index in [0.29, 0.717) is 34.0 Å². The first-order valence-corrected chi connectivity index (χ1v) is 10.7. The highest BCUT2D eigenvalue weighted by Gasteiger charge is 2.15. The van der Waals surface area contributed by atoms with Crippen LogP contribution in [-0.2, 0) is 11.2 Å². The van der Waals surface area contributed by atoms with Crippen LogP contribution in [0.2, 0.25) is 5.02 Å². The molecule has 0 saturated heterocycles. The van der Waals surface area contributed by atoms with E-state index in [1.165, 1.54) is 19.3 Å². The standard InChI is InChI=1S/C24H17ClFIN2O2/c1-31-23-11-15(10-22(27)20(23)12-16-5-2-3-8-21(16)26)9-17(14-28)24(30)29-19-7-4-6-18(25)13-19/h2-11,13H,12H2,1H3,(H,29,30)/b17-9+. The first-order valence-electron chi connectivity index (χ1n) is 9.19. The summed E-state index contributed by atoms with van der Waals surface area (Å²) in [6.45, 7) is 0. The fourth-order valence-electron chi connectivity index (χ4n) is 2.98. The lowest BCUT2D eigenvalue weighted by Crippen LogP contribution is -2.13. The Labute approximate surface area is 198 Å². The smallest absolute Gasteiger partial charge is 0.266 e. The van der Waals surface area contributed by atoms with Crippen molar-refractivity contribution in [2.75, 3.05) is 12.4 Å². The van der Waals surface area contributed by atoms with E-state index >= 15 is 0 Å². The molecule has 0 heterocycles. The number of nitriles is 1. The van der Waals surface area contributed by atoms with Crippen molar-refractivity contribution in [1.29, 1.82) is 5.26 Å². The van der Waals surface area contributed by atoms with Crippen LogP contribution in [0.1, 0.15) is 16.7 Å². The van der Waals surface area contributed by atoms with Crippen molar-refractivity contribution in [2.24, 2.45) is 0 Å². The molecule has 3 rings (SSSR count). The minimum absolute atomic E-state index is 0.0697. The fourth-order valence-corrected chi connectivity index (χ4v) is 3.99. The molecule has 0 atom stereocenters. The van der Waals surface area contributed by atoms with E-state index in [1.807, 2.05) is 12.1 Å². The molecule has 0 aliphatic carbocycles. The number of nitrogens with one attached hydrogen (secondary N) is 1. The summed E-state index contributed by atoms with van der Waals surface area (Å²) in [5.74, 6) is -0.281. The number of anilines is 1. The predicted octanol–water partition coefficient (Wildman–Crippen LogP) is 6.23. The zero-order valence-corrected chi connectivity index (χ0v) is 19.4. The summed E-state index contributed by atoms with van der Waals surface area (Å²) < 4.78 is 20.4. The zero-order chi connectivity index (χ0) is 22.4. The molecule has 1 N–H and O–H groups in total. The molecule has 0 saturated carbocycles. The Morgan fingerprint density at radius 1 is 1.23 bits per heavy atom. The van der Waals surface area contributed by atoms with Crippen LogP contribution in [0.25, 0.3) is 6.08 Å². The highest BCUT2D eigenvalue weighted by Crippen LogP contribution is 2.30. The van der Waals surface area contributed by atoms with Crippen LogP contribution in [0, 0.1) is 20.7 Å². The van der Waals surface area contributed by atoms with E-state index < -0.39 is 5.91 Å². The van der Waals surface area contributed by atoms with E-state index in [4.69, 9.17) is 16.3 Å². The summed E-state index contributed by atoms with van der Waals surface area (Å²) in [6.07, 6.45) is 1.84. The fraction of sp³-hybridized carbons (Fsp3) is 0.0833. The molecule has 4 nitrogen and oxygen atoms in total. The molecule has 0 aliphatic rings. The minimum Gasteiger partial charge on any atom is -0.496 e. The molecule has 0 fully saturated rings. The lowest BCUT2D eigenvalue weighted by molar-refractivity contribution is -0.112. The van der Waals surface area contributed by atoms with Gasteiger partial charge in [0, 0.05) is 26.3 Å². The van der Waals surface area contributed by atoms with Gasteiger partial charge in [-0.15, -0.1) is 0 Å². The summed E-state index contributed by atoms with van der Waals surface area (Å²) in [6, 6.07) is 18.7. The third kappa shape index (κ3) is 5.84. The lowest BCUT2D eigenvalue weighted by atomic mass is 10.0. The Kier molecular flexibility index (Phi) is 7.66. The number of rotatable bonds is 6. The van der Waals surface area contributed by atoms with Gasteiger partial charge in [-0.05, 0) is 76.2 Å². The van der Waals surface area contributed by atoms with Crippen molar-refractivity contribution >= 4 is 51.9 Å². The Bertz CT molecular complexity index is 1200. The Morgan fingerprint density at radius 3 is 2.68 bits per heavy atom. The number of nitrogens with zero attached hydrogens (tertiary/aromatic N) is 1. The average molecular weight is 547 g/mol. The van der Waals surface area contributed by atoms with Crippen LogP contribution < -0.4 is 10.1 Å². The van der Waals surface area contributed by atoms with Gasteiger partial charge in [0.2, 0.25) is 0 Å². The van der Waals surface area contributed by atoms with E-state index in [-0.39, 0.29) is 11.4 Å². The molecule has 0 aromatic heterocycles. The van der Waals surface area contributed by atoms with E-state index in [1.54, 1.807) is 48.5 Å². The molecule has 31 heavy (non-hydrogen) atoms. The predicted molar refractivity (Wildman–Crippen MR) is 129 cm³/mol. The topological polar surface area (TPSA) is 62.1 Å². The van der Waals surface area contributed by atoms with Gasteiger partial charge in [-0.3, -0.25) is 4.79 Å². The van der Waals surface area contributed by atoms with E-state index in [9.17, 15) is 14.4 Å². The summed E-state index contributed by atoms with van der Waals surface area (Å²) in [7, 11) is 1.53. The van der Waals surface area contributed by atoms with Crippen LogP contribution in [-0.4, -0.2) is 13.0 Å². The van der Waals surface area contributed by atoms with Crippen LogP contribution in [0.15, 0.2) is 66.2 Å². The van der Waals surface area contributed by atoms with Gasteiger partial charge < -0.3 is 10.1 Å². The number of hydrogen-bond donors (Lipinski definition) is 1. The SMILES string of the molecule is COc1cc(/C=C(\C#N)C(=O)Nc2cccc(Cl)c2)cc(I)c1Cc1ccccc1F. The summed E-state index contributed by atoms with van der Waals surface area (Å²) in [4.78, 5) is 12.5. The molecule has 0 radical (unpaired) electrons. The maximum absolute atomic E-state index is 14.1. The number of carbonyl (C=O) groups excluding carboxylic acids is 1. The van der Waals surface area contributed by atoms with Gasteiger partial charge in [-0.1, -0.05) is 35.9 Å². The van der Waals surface area contributed by atoms with Crippen molar-refractivity contribution in [3.05, 3.63) is 97.3 Å². The number of amides is 1. The van der Waals surface area contributed by atoms with E-state index in [2.05, 4.69) is 27.9 Å². The second kappa shape index (κ2) is 10.4. The zero-order valence-electron chi connectivity index (χ0n) is 16.5. The monoisotopic (exact) mass is 546 g/mol. The summed E-state index contributed by atoms with van der Waals surface area (Å²) in [5.41, 5.74) is 2.43. The van der Waals surface area contributed by atoms with Gasteiger partial charge in [0.15, 0.2) is 0 Å². The van der Waals surface area contributed by atoms with Crippen LogP contribution in [0.4, 0.5) is 10.1 Å². The molecule has 0 unspecified atom stereocenters. The third-order valence-corrected chi connectivity index (χ3v) is 5.68.